The second-order valence-corrected chi connectivity index (χ2v) is 14.3. The molecule has 0 spiro atoms. The molecule has 4 aromatic rings. The largest absolute Gasteiger partial charge is 0.495 e. The Balaban J connectivity index is 1.83. The molecule has 1 N–H and O–H groups in total. The van der Waals surface area contributed by atoms with Crippen LogP contribution in [0.3, 0.4) is 0 Å². The predicted octanol–water partition coefficient (Wildman–Crippen LogP) is 6.37. The minimum atomic E-state index is -4.24. The number of nitrogens with zero attached hydrogens (tertiary/aromatic N) is 2. The fraction of sp³-hybridized carbons (Fsp3) is 0.278. The maximum atomic E-state index is 14.6. The Hall–Kier alpha value is -4.15. The van der Waals surface area contributed by atoms with Gasteiger partial charge < -0.3 is 15.0 Å². The summed E-state index contributed by atoms with van der Waals surface area (Å²) in [6.07, 6.45) is 0.240. The number of amides is 2. The van der Waals surface area contributed by atoms with Crippen LogP contribution >= 0.6 is 15.9 Å². The van der Waals surface area contributed by atoms with Gasteiger partial charge in [0.15, 0.2) is 0 Å². The van der Waals surface area contributed by atoms with Gasteiger partial charge in [0, 0.05) is 24.0 Å². The van der Waals surface area contributed by atoms with Crippen molar-refractivity contribution in [3.8, 4) is 5.75 Å². The molecule has 4 rings (SSSR count). The van der Waals surface area contributed by atoms with Gasteiger partial charge in [-0.2, -0.15) is 0 Å². The van der Waals surface area contributed by atoms with E-state index in [1.54, 1.807) is 36.4 Å². The van der Waals surface area contributed by atoms with E-state index in [1.165, 1.54) is 24.1 Å². The summed E-state index contributed by atoms with van der Waals surface area (Å²) in [5.74, 6) is -0.371. The van der Waals surface area contributed by atoms with Gasteiger partial charge in [0.1, 0.15) is 18.3 Å². The summed E-state index contributed by atoms with van der Waals surface area (Å²) in [7, 11) is -2.79. The molecular weight excluding hydrogens is 666 g/mol. The van der Waals surface area contributed by atoms with Gasteiger partial charge >= 0.3 is 0 Å². The molecule has 0 heterocycles. The molecule has 0 bridgehead atoms. The SMILES string of the molecule is COc1ccccc1N(CC(=O)N(Cc1cccc(Br)c1)[C@@H](Cc1ccccc1)C(=O)NCC(C)C)S(=O)(=O)c1ccc(C)cc1. The number of nitrogens with one attached hydrogen (secondary N) is 1. The molecule has 0 aliphatic carbocycles. The van der Waals surface area contributed by atoms with E-state index in [1.807, 2.05) is 75.4 Å². The van der Waals surface area contributed by atoms with E-state index in [9.17, 15) is 18.0 Å². The third-order valence-corrected chi connectivity index (χ3v) is 9.71. The number of carbonyl (C=O) groups excluding carboxylic acids is 2. The standard InChI is InChI=1S/C36H40BrN3O5S/c1-26(2)23-38-36(42)33(22-28-11-6-5-7-12-28)39(24-29-13-10-14-30(37)21-29)35(41)25-40(32-15-8-9-16-34(32)45-4)46(43,44)31-19-17-27(3)18-20-31/h5-21,26,33H,22-25H2,1-4H3,(H,38,42)/t33-/m0/s1. The van der Waals surface area contributed by atoms with E-state index in [-0.39, 0.29) is 35.4 Å². The Morgan fingerprint density at radius 2 is 1.52 bits per heavy atom. The summed E-state index contributed by atoms with van der Waals surface area (Å²) in [4.78, 5) is 30.0. The monoisotopic (exact) mass is 705 g/mol. The molecule has 0 fully saturated rings. The fourth-order valence-electron chi connectivity index (χ4n) is 5.00. The average molecular weight is 707 g/mol. The lowest BCUT2D eigenvalue weighted by molar-refractivity contribution is -0.140. The Morgan fingerprint density at radius 1 is 0.870 bits per heavy atom. The molecule has 0 aromatic heterocycles. The molecule has 46 heavy (non-hydrogen) atoms. The van der Waals surface area contributed by atoms with E-state index in [4.69, 9.17) is 4.74 Å². The topological polar surface area (TPSA) is 96.0 Å². The molecule has 10 heteroatoms. The van der Waals surface area contributed by atoms with Crippen molar-refractivity contribution in [2.24, 2.45) is 5.92 Å². The Bertz CT molecular complexity index is 1730. The molecular formula is C36H40BrN3O5S. The third-order valence-electron chi connectivity index (χ3n) is 7.44. The molecule has 8 nitrogen and oxygen atoms in total. The van der Waals surface area contributed by atoms with Crippen LogP contribution in [0.2, 0.25) is 0 Å². The maximum Gasteiger partial charge on any atom is 0.264 e. The smallest absolute Gasteiger partial charge is 0.264 e. The zero-order valence-corrected chi connectivity index (χ0v) is 28.9. The second kappa shape index (κ2) is 15.9. The van der Waals surface area contributed by atoms with Crippen LogP contribution in [-0.2, 0) is 32.6 Å². The lowest BCUT2D eigenvalue weighted by Crippen LogP contribution is -2.53. The summed E-state index contributed by atoms with van der Waals surface area (Å²) in [5, 5.41) is 3.01. The minimum Gasteiger partial charge on any atom is -0.495 e. The Morgan fingerprint density at radius 3 is 2.17 bits per heavy atom. The lowest BCUT2D eigenvalue weighted by Gasteiger charge is -2.34. The van der Waals surface area contributed by atoms with E-state index >= 15 is 0 Å². The van der Waals surface area contributed by atoms with Crippen molar-refractivity contribution in [3.05, 3.63) is 124 Å². The van der Waals surface area contributed by atoms with E-state index < -0.39 is 28.5 Å². The van der Waals surface area contributed by atoms with Crippen LogP contribution in [0, 0.1) is 12.8 Å². The maximum absolute atomic E-state index is 14.6. The number of aryl methyl sites for hydroxylation is 1. The highest BCUT2D eigenvalue weighted by Gasteiger charge is 2.35. The van der Waals surface area contributed by atoms with Crippen molar-refractivity contribution >= 4 is 43.5 Å². The van der Waals surface area contributed by atoms with Gasteiger partial charge in [-0.15, -0.1) is 0 Å². The molecule has 4 aromatic carbocycles. The van der Waals surface area contributed by atoms with Crippen LogP contribution in [-0.4, -0.2) is 51.4 Å². The zero-order valence-electron chi connectivity index (χ0n) is 26.5. The molecule has 0 unspecified atom stereocenters. The first-order valence-corrected chi connectivity index (χ1v) is 17.3. The van der Waals surface area contributed by atoms with Crippen molar-refractivity contribution in [2.45, 2.75) is 44.7 Å². The third kappa shape index (κ3) is 8.98. The molecule has 1 atom stereocenters. The molecule has 0 radical (unpaired) electrons. The van der Waals surface area contributed by atoms with Gasteiger partial charge in [-0.05, 0) is 60.4 Å². The van der Waals surface area contributed by atoms with Gasteiger partial charge in [0.05, 0.1) is 17.7 Å². The number of sulfonamides is 1. The Labute approximate surface area is 280 Å². The van der Waals surface area contributed by atoms with Crippen LogP contribution in [0.25, 0.3) is 0 Å². The van der Waals surface area contributed by atoms with Crippen molar-refractivity contribution in [3.63, 3.8) is 0 Å². The summed E-state index contributed by atoms with van der Waals surface area (Å²) in [6.45, 7) is 5.81. The second-order valence-electron chi connectivity index (χ2n) is 11.5. The number of ether oxygens (including phenoxy) is 1. The average Bonchev–Trinajstić information content (AvgIpc) is 3.04. The van der Waals surface area contributed by atoms with Gasteiger partial charge in [-0.3, -0.25) is 13.9 Å². The van der Waals surface area contributed by atoms with Gasteiger partial charge in [-0.1, -0.05) is 102 Å². The highest BCUT2D eigenvalue weighted by molar-refractivity contribution is 9.10. The van der Waals surface area contributed by atoms with E-state index in [2.05, 4.69) is 21.2 Å². The number of methoxy groups -OCH3 is 1. The summed E-state index contributed by atoms with van der Waals surface area (Å²) in [5.41, 5.74) is 2.76. The van der Waals surface area contributed by atoms with Crippen molar-refractivity contribution in [1.82, 2.24) is 10.2 Å². The van der Waals surface area contributed by atoms with E-state index in [0.29, 0.717) is 12.3 Å². The first-order valence-electron chi connectivity index (χ1n) is 15.1. The van der Waals surface area contributed by atoms with Crippen LogP contribution in [0.4, 0.5) is 5.69 Å². The fourth-order valence-corrected chi connectivity index (χ4v) is 6.87. The number of benzene rings is 4. The first kappa shape index (κ1) is 34.7. The summed E-state index contributed by atoms with van der Waals surface area (Å²) < 4.78 is 36.0. The number of halogens is 1. The Kier molecular flexibility index (Phi) is 12.0. The van der Waals surface area contributed by atoms with Crippen molar-refractivity contribution in [1.29, 1.82) is 0 Å². The van der Waals surface area contributed by atoms with Crippen LogP contribution < -0.4 is 14.4 Å². The van der Waals surface area contributed by atoms with Crippen LogP contribution in [0.15, 0.2) is 112 Å². The predicted molar refractivity (Wildman–Crippen MR) is 185 cm³/mol. The zero-order chi connectivity index (χ0) is 33.3. The molecule has 0 saturated carbocycles. The number of hydrogen-bond acceptors (Lipinski definition) is 5. The molecule has 0 saturated heterocycles. The molecule has 242 valence electrons. The number of para-hydroxylation sites is 2. The molecule has 2 amide bonds. The van der Waals surface area contributed by atoms with Crippen LogP contribution in [0.1, 0.15) is 30.5 Å². The van der Waals surface area contributed by atoms with Gasteiger partial charge in [0.2, 0.25) is 11.8 Å². The molecule has 0 aliphatic heterocycles. The summed E-state index contributed by atoms with van der Waals surface area (Å²) >= 11 is 3.51. The number of carbonyl (C=O) groups is 2. The quantitative estimate of drug-likeness (QED) is 0.164. The molecule has 0 aliphatic rings. The summed E-state index contributed by atoms with van der Waals surface area (Å²) in [6, 6.07) is 29.2. The normalized spacial score (nSPS) is 12.0. The highest BCUT2D eigenvalue weighted by atomic mass is 79.9. The minimum absolute atomic E-state index is 0.0332. The number of hydrogen-bond donors (Lipinski definition) is 1. The van der Waals surface area contributed by atoms with Crippen molar-refractivity contribution < 1.29 is 22.7 Å². The lowest BCUT2D eigenvalue weighted by atomic mass is 10.0. The number of rotatable bonds is 14. The van der Waals surface area contributed by atoms with Crippen molar-refractivity contribution in [2.75, 3.05) is 24.5 Å². The number of anilines is 1. The van der Waals surface area contributed by atoms with Crippen LogP contribution in [0.5, 0.6) is 5.75 Å². The highest BCUT2D eigenvalue weighted by Crippen LogP contribution is 2.33. The van der Waals surface area contributed by atoms with Gasteiger partial charge in [0.25, 0.3) is 10.0 Å². The van der Waals surface area contributed by atoms with E-state index in [0.717, 1.165) is 25.5 Å². The van der Waals surface area contributed by atoms with Gasteiger partial charge in [-0.25, -0.2) is 8.42 Å². The first-order chi connectivity index (χ1) is 22.0.